The van der Waals surface area contributed by atoms with Crippen molar-refractivity contribution in [1.29, 1.82) is 0 Å². The summed E-state index contributed by atoms with van der Waals surface area (Å²) in [7, 11) is 0. The highest BCUT2D eigenvalue weighted by molar-refractivity contribution is 8.00. The minimum atomic E-state index is -0.545. The predicted molar refractivity (Wildman–Crippen MR) is 75.2 cm³/mol. The lowest BCUT2D eigenvalue weighted by atomic mass is 9.74. The Balaban J connectivity index is 2.55. The summed E-state index contributed by atoms with van der Waals surface area (Å²) in [6.07, 6.45) is 5.83. The molecule has 4 heteroatoms. The molecule has 1 saturated carbocycles. The van der Waals surface area contributed by atoms with E-state index in [0.717, 1.165) is 6.54 Å². The van der Waals surface area contributed by atoms with E-state index >= 15 is 0 Å². The first-order valence-corrected chi connectivity index (χ1v) is 7.49. The molecule has 17 heavy (non-hydrogen) atoms. The van der Waals surface area contributed by atoms with E-state index in [1.165, 1.54) is 19.3 Å². The first kappa shape index (κ1) is 14.8. The Morgan fingerprint density at radius 1 is 1.35 bits per heavy atom. The zero-order chi connectivity index (χ0) is 13.3. The van der Waals surface area contributed by atoms with Gasteiger partial charge in [-0.1, -0.05) is 6.42 Å². The lowest BCUT2D eigenvalue weighted by Crippen LogP contribution is -2.57. The van der Waals surface area contributed by atoms with Crippen LogP contribution in [-0.2, 0) is 4.79 Å². The maximum atomic E-state index is 12.2. The maximum Gasteiger partial charge on any atom is 0.227 e. The van der Waals surface area contributed by atoms with Gasteiger partial charge in [-0.2, -0.15) is 11.8 Å². The lowest BCUT2D eigenvalue weighted by molar-refractivity contribution is -0.132. The fourth-order valence-corrected chi connectivity index (χ4v) is 2.69. The summed E-state index contributed by atoms with van der Waals surface area (Å²) >= 11 is 1.87. The molecule has 0 aliphatic heterocycles. The Morgan fingerprint density at radius 3 is 2.18 bits per heavy atom. The molecular weight excluding hydrogens is 232 g/mol. The zero-order valence-electron chi connectivity index (χ0n) is 11.7. The third-order valence-electron chi connectivity index (χ3n) is 4.45. The number of carbonyl (C=O) groups is 1. The van der Waals surface area contributed by atoms with Gasteiger partial charge in [-0.25, -0.2) is 0 Å². The van der Waals surface area contributed by atoms with Gasteiger partial charge >= 0.3 is 0 Å². The second-order valence-corrected chi connectivity index (χ2v) is 7.54. The molecular formula is C13H26N2OS. The van der Waals surface area contributed by atoms with Gasteiger partial charge in [0.15, 0.2) is 0 Å². The minimum absolute atomic E-state index is 0.0605. The number of amides is 1. The van der Waals surface area contributed by atoms with Crippen molar-refractivity contribution in [2.24, 2.45) is 11.1 Å². The molecule has 1 rings (SSSR count). The molecule has 0 unspecified atom stereocenters. The number of carbonyl (C=O) groups excluding carboxylic acids is 1. The van der Waals surface area contributed by atoms with Crippen LogP contribution in [0, 0.1) is 5.41 Å². The van der Waals surface area contributed by atoms with Gasteiger partial charge in [0.05, 0.1) is 5.41 Å². The third kappa shape index (κ3) is 2.97. The molecule has 1 amide bonds. The second-order valence-electron chi connectivity index (χ2n) is 6.27. The molecule has 0 saturated heterocycles. The molecule has 0 spiro atoms. The SMILES string of the molecule is CSC1(CNC(=O)C(C)(C)C(C)(C)N)CCC1. The summed E-state index contributed by atoms with van der Waals surface area (Å²) < 4.78 is 0.282. The Morgan fingerprint density at radius 2 is 1.88 bits per heavy atom. The van der Waals surface area contributed by atoms with Crippen LogP contribution in [0.2, 0.25) is 0 Å². The van der Waals surface area contributed by atoms with Crippen LogP contribution in [0.5, 0.6) is 0 Å². The Kier molecular flexibility index (Phi) is 4.20. The Bertz CT molecular complexity index is 285. The van der Waals surface area contributed by atoms with Crippen LogP contribution in [-0.4, -0.2) is 29.0 Å². The van der Waals surface area contributed by atoms with Crippen molar-refractivity contribution in [2.75, 3.05) is 12.8 Å². The largest absolute Gasteiger partial charge is 0.354 e. The van der Waals surface area contributed by atoms with Gasteiger partial charge in [0, 0.05) is 16.8 Å². The minimum Gasteiger partial charge on any atom is -0.354 e. The van der Waals surface area contributed by atoms with Gasteiger partial charge < -0.3 is 11.1 Å². The molecule has 0 aromatic rings. The monoisotopic (exact) mass is 258 g/mol. The van der Waals surface area contributed by atoms with E-state index in [1.807, 2.05) is 39.5 Å². The Hall–Kier alpha value is -0.220. The lowest BCUT2D eigenvalue weighted by Gasteiger charge is -2.42. The van der Waals surface area contributed by atoms with E-state index < -0.39 is 11.0 Å². The van der Waals surface area contributed by atoms with E-state index in [1.54, 1.807) is 0 Å². The average Bonchev–Trinajstić information content (AvgIpc) is 2.14. The fraction of sp³-hybridized carbons (Fsp3) is 0.923. The van der Waals surface area contributed by atoms with Crippen molar-refractivity contribution in [2.45, 2.75) is 57.2 Å². The standard InChI is InChI=1S/C13H26N2OS/c1-11(2,12(3,4)14)10(16)15-9-13(17-5)7-6-8-13/h6-9,14H2,1-5H3,(H,15,16). The molecule has 0 radical (unpaired) electrons. The van der Waals surface area contributed by atoms with Crippen molar-refractivity contribution in [3.63, 3.8) is 0 Å². The molecule has 0 aromatic heterocycles. The quantitative estimate of drug-likeness (QED) is 0.794. The normalized spacial score (nSPS) is 19.6. The number of hydrogen-bond acceptors (Lipinski definition) is 3. The van der Waals surface area contributed by atoms with E-state index in [2.05, 4.69) is 11.6 Å². The van der Waals surface area contributed by atoms with Gasteiger partial charge in [0.1, 0.15) is 0 Å². The topological polar surface area (TPSA) is 55.1 Å². The summed E-state index contributed by atoms with van der Waals surface area (Å²) in [4.78, 5) is 12.2. The number of nitrogens with one attached hydrogen (secondary N) is 1. The van der Waals surface area contributed by atoms with Gasteiger partial charge in [-0.05, 0) is 46.8 Å². The van der Waals surface area contributed by atoms with Gasteiger partial charge in [0.25, 0.3) is 0 Å². The maximum absolute atomic E-state index is 12.2. The molecule has 0 aromatic carbocycles. The van der Waals surface area contributed by atoms with E-state index in [9.17, 15) is 4.79 Å². The molecule has 0 bridgehead atoms. The number of nitrogens with two attached hydrogens (primary N) is 1. The molecule has 100 valence electrons. The van der Waals surface area contributed by atoms with E-state index in [-0.39, 0.29) is 10.7 Å². The molecule has 1 fully saturated rings. The van der Waals surface area contributed by atoms with Crippen LogP contribution in [0.15, 0.2) is 0 Å². The second kappa shape index (κ2) is 4.81. The van der Waals surface area contributed by atoms with Gasteiger partial charge in [-0.15, -0.1) is 0 Å². The van der Waals surface area contributed by atoms with Crippen LogP contribution in [0.3, 0.4) is 0 Å². The van der Waals surface area contributed by atoms with Crippen molar-refractivity contribution >= 4 is 17.7 Å². The van der Waals surface area contributed by atoms with E-state index in [0.29, 0.717) is 0 Å². The molecule has 0 atom stereocenters. The molecule has 3 N–H and O–H groups in total. The first-order valence-electron chi connectivity index (χ1n) is 6.27. The zero-order valence-corrected chi connectivity index (χ0v) is 12.5. The Labute approximate surface area is 109 Å². The van der Waals surface area contributed by atoms with Crippen molar-refractivity contribution in [3.8, 4) is 0 Å². The number of thioether (sulfide) groups is 1. The van der Waals surface area contributed by atoms with Crippen LogP contribution in [0.1, 0.15) is 47.0 Å². The predicted octanol–water partition coefficient (Wildman–Crippen LogP) is 2.15. The summed E-state index contributed by atoms with van der Waals surface area (Å²) in [6, 6.07) is 0. The number of rotatable bonds is 5. The molecule has 3 nitrogen and oxygen atoms in total. The van der Waals surface area contributed by atoms with Crippen LogP contribution >= 0.6 is 11.8 Å². The highest BCUT2D eigenvalue weighted by Gasteiger charge is 2.42. The van der Waals surface area contributed by atoms with Gasteiger partial charge in [0.2, 0.25) is 5.91 Å². The average molecular weight is 258 g/mol. The highest BCUT2D eigenvalue weighted by atomic mass is 32.2. The summed E-state index contributed by atoms with van der Waals surface area (Å²) in [6.45, 7) is 8.40. The fourth-order valence-electron chi connectivity index (χ4n) is 1.78. The number of hydrogen-bond donors (Lipinski definition) is 2. The van der Waals surface area contributed by atoms with E-state index in [4.69, 9.17) is 5.73 Å². The van der Waals surface area contributed by atoms with Crippen LogP contribution in [0.4, 0.5) is 0 Å². The summed E-state index contributed by atoms with van der Waals surface area (Å²) in [5.41, 5.74) is 5.01. The molecule has 1 aliphatic rings. The van der Waals surface area contributed by atoms with Crippen LogP contribution < -0.4 is 11.1 Å². The molecule has 0 heterocycles. The summed E-state index contributed by atoms with van der Waals surface area (Å²) in [5, 5.41) is 3.08. The van der Waals surface area contributed by atoms with Gasteiger partial charge in [-0.3, -0.25) is 4.79 Å². The third-order valence-corrected chi connectivity index (χ3v) is 5.87. The van der Waals surface area contributed by atoms with Crippen molar-refractivity contribution < 1.29 is 4.79 Å². The summed E-state index contributed by atoms with van der Waals surface area (Å²) in [5.74, 6) is 0.0605. The molecule has 1 aliphatic carbocycles. The smallest absolute Gasteiger partial charge is 0.227 e. The first-order chi connectivity index (χ1) is 7.65. The van der Waals surface area contributed by atoms with Crippen molar-refractivity contribution in [1.82, 2.24) is 5.32 Å². The van der Waals surface area contributed by atoms with Crippen LogP contribution in [0.25, 0.3) is 0 Å². The highest BCUT2D eigenvalue weighted by Crippen LogP contribution is 2.42. The van der Waals surface area contributed by atoms with Crippen molar-refractivity contribution in [3.05, 3.63) is 0 Å².